The minimum absolute atomic E-state index is 0.193. The number of nitrogens with one attached hydrogen (secondary N) is 1. The van der Waals surface area contributed by atoms with Gasteiger partial charge in [-0.1, -0.05) is 24.6 Å². The molecule has 11 heteroatoms. The van der Waals surface area contributed by atoms with Crippen LogP contribution in [0.15, 0.2) is 24.3 Å². The average molecular weight is 452 g/mol. The molecule has 1 fully saturated rings. The molecule has 2 aromatic rings. The number of carbonyl (C=O) groups is 2. The van der Waals surface area contributed by atoms with Gasteiger partial charge in [0.1, 0.15) is 5.82 Å². The zero-order valence-electron chi connectivity index (χ0n) is 16.5. The lowest BCUT2D eigenvalue weighted by Crippen LogP contribution is -2.51. The highest BCUT2D eigenvalue weighted by atomic mass is 35.5. The maximum atomic E-state index is 12.7. The van der Waals surface area contributed by atoms with Crippen LogP contribution in [0.2, 0.25) is 5.02 Å². The number of benzene rings is 1. The van der Waals surface area contributed by atoms with E-state index in [1.165, 1.54) is 9.58 Å². The minimum atomic E-state index is -3.33. The highest BCUT2D eigenvalue weighted by Crippen LogP contribution is 2.33. The molecule has 0 radical (unpaired) electrons. The van der Waals surface area contributed by atoms with E-state index in [2.05, 4.69) is 22.2 Å². The SMILES string of the molecule is CCN1CCN(C(=O)C(=O)Nc2c3c(nn2-c2cccc(Cl)c2)CS(=O)(=O)C3)CC1. The van der Waals surface area contributed by atoms with Gasteiger partial charge in [0.25, 0.3) is 0 Å². The van der Waals surface area contributed by atoms with Crippen molar-refractivity contribution in [1.29, 1.82) is 0 Å². The third-order valence-corrected chi connectivity index (χ3v) is 7.05. The van der Waals surface area contributed by atoms with E-state index in [1.807, 2.05) is 0 Å². The minimum Gasteiger partial charge on any atom is -0.332 e. The number of aromatic nitrogens is 2. The number of fused-ring (bicyclic) bond motifs is 1. The first-order chi connectivity index (χ1) is 14.3. The van der Waals surface area contributed by atoms with Gasteiger partial charge in [0, 0.05) is 36.8 Å². The van der Waals surface area contributed by atoms with Crippen LogP contribution in [-0.2, 0) is 30.9 Å². The highest BCUT2D eigenvalue weighted by molar-refractivity contribution is 7.90. The summed E-state index contributed by atoms with van der Waals surface area (Å²) in [5.74, 6) is -1.69. The van der Waals surface area contributed by atoms with E-state index in [1.54, 1.807) is 24.3 Å². The number of piperazine rings is 1. The molecule has 3 heterocycles. The summed E-state index contributed by atoms with van der Waals surface area (Å²) in [6, 6.07) is 6.82. The number of amides is 2. The van der Waals surface area contributed by atoms with E-state index in [4.69, 9.17) is 11.6 Å². The van der Waals surface area contributed by atoms with Crippen LogP contribution < -0.4 is 5.32 Å². The van der Waals surface area contributed by atoms with Crippen LogP contribution >= 0.6 is 11.6 Å². The van der Waals surface area contributed by atoms with E-state index < -0.39 is 21.7 Å². The molecule has 0 aliphatic carbocycles. The summed E-state index contributed by atoms with van der Waals surface area (Å²) in [5, 5.41) is 7.46. The first-order valence-electron chi connectivity index (χ1n) is 9.67. The van der Waals surface area contributed by atoms with E-state index >= 15 is 0 Å². The third-order valence-electron chi connectivity index (χ3n) is 5.37. The molecule has 160 valence electrons. The Kier molecular flexibility index (Phi) is 5.56. The Hall–Kier alpha value is -2.43. The van der Waals surface area contributed by atoms with Gasteiger partial charge in [-0.25, -0.2) is 13.1 Å². The van der Waals surface area contributed by atoms with Crippen LogP contribution in [0.25, 0.3) is 5.69 Å². The van der Waals surface area contributed by atoms with E-state index in [9.17, 15) is 18.0 Å². The van der Waals surface area contributed by atoms with Crippen molar-refractivity contribution in [2.24, 2.45) is 0 Å². The molecule has 2 aliphatic rings. The van der Waals surface area contributed by atoms with Crippen LogP contribution in [0.4, 0.5) is 5.82 Å². The molecule has 0 saturated carbocycles. The van der Waals surface area contributed by atoms with Gasteiger partial charge < -0.3 is 15.1 Å². The van der Waals surface area contributed by atoms with Crippen LogP contribution in [0.1, 0.15) is 18.2 Å². The Morgan fingerprint density at radius 1 is 1.17 bits per heavy atom. The van der Waals surface area contributed by atoms with Gasteiger partial charge in [-0.3, -0.25) is 9.59 Å². The number of carbonyl (C=O) groups excluding carboxylic acids is 2. The van der Waals surface area contributed by atoms with Crippen molar-refractivity contribution in [3.8, 4) is 5.69 Å². The Balaban J connectivity index is 1.61. The van der Waals surface area contributed by atoms with Crippen LogP contribution in [0.3, 0.4) is 0 Å². The van der Waals surface area contributed by atoms with Crippen molar-refractivity contribution in [1.82, 2.24) is 19.6 Å². The van der Waals surface area contributed by atoms with Gasteiger partial charge in [0.05, 0.1) is 22.9 Å². The number of halogens is 1. The van der Waals surface area contributed by atoms with E-state index in [-0.39, 0.29) is 17.3 Å². The summed E-state index contributed by atoms with van der Waals surface area (Å²) >= 11 is 6.08. The van der Waals surface area contributed by atoms with E-state index in [0.717, 1.165) is 6.54 Å². The Bertz CT molecular complexity index is 1110. The summed E-state index contributed by atoms with van der Waals surface area (Å²) in [5.41, 5.74) is 1.34. The number of hydrogen-bond acceptors (Lipinski definition) is 6. The summed E-state index contributed by atoms with van der Waals surface area (Å²) in [7, 11) is -3.33. The van der Waals surface area contributed by atoms with Gasteiger partial charge in [-0.2, -0.15) is 5.10 Å². The topological polar surface area (TPSA) is 105 Å². The molecule has 1 saturated heterocycles. The fraction of sp³-hybridized carbons (Fsp3) is 0.421. The predicted molar refractivity (Wildman–Crippen MR) is 112 cm³/mol. The molecule has 0 unspecified atom stereocenters. The largest absolute Gasteiger partial charge is 0.332 e. The predicted octanol–water partition coefficient (Wildman–Crippen LogP) is 1.06. The molecular formula is C19H22ClN5O4S. The van der Waals surface area contributed by atoms with Gasteiger partial charge in [0.2, 0.25) is 0 Å². The summed E-state index contributed by atoms with van der Waals surface area (Å²) in [4.78, 5) is 29.1. The number of rotatable bonds is 3. The normalized spacial score (nSPS) is 18.3. The molecule has 0 atom stereocenters. The van der Waals surface area contributed by atoms with Crippen molar-refractivity contribution in [3.05, 3.63) is 40.5 Å². The fourth-order valence-corrected chi connectivity index (χ4v) is 5.42. The molecule has 30 heavy (non-hydrogen) atoms. The zero-order valence-corrected chi connectivity index (χ0v) is 18.0. The summed E-state index contributed by atoms with van der Waals surface area (Å²) < 4.78 is 25.6. The number of nitrogens with zero attached hydrogens (tertiary/aromatic N) is 4. The second-order valence-electron chi connectivity index (χ2n) is 7.38. The van der Waals surface area contributed by atoms with E-state index in [0.29, 0.717) is 48.1 Å². The summed E-state index contributed by atoms with van der Waals surface area (Å²) in [6.07, 6.45) is 0. The molecular weight excluding hydrogens is 430 g/mol. The lowest BCUT2D eigenvalue weighted by Gasteiger charge is -2.33. The first kappa shape index (κ1) is 20.8. The number of likely N-dealkylation sites (N-methyl/N-ethyl adjacent to an activating group) is 1. The Labute approximate surface area is 179 Å². The third kappa shape index (κ3) is 4.07. The lowest BCUT2D eigenvalue weighted by atomic mass is 10.2. The number of anilines is 1. The zero-order chi connectivity index (χ0) is 21.5. The quantitative estimate of drug-likeness (QED) is 0.699. The van der Waals surface area contributed by atoms with Crippen molar-refractivity contribution in [2.75, 3.05) is 38.0 Å². The molecule has 9 nitrogen and oxygen atoms in total. The molecule has 0 spiro atoms. The molecule has 2 amide bonds. The molecule has 1 aromatic carbocycles. The van der Waals surface area contributed by atoms with Crippen molar-refractivity contribution >= 4 is 39.1 Å². The van der Waals surface area contributed by atoms with Gasteiger partial charge >= 0.3 is 11.8 Å². The van der Waals surface area contributed by atoms with Crippen molar-refractivity contribution in [3.63, 3.8) is 0 Å². The second-order valence-corrected chi connectivity index (χ2v) is 9.88. The Morgan fingerprint density at radius 3 is 2.57 bits per heavy atom. The molecule has 2 aliphatic heterocycles. The lowest BCUT2D eigenvalue weighted by molar-refractivity contribution is -0.144. The van der Waals surface area contributed by atoms with Crippen molar-refractivity contribution < 1.29 is 18.0 Å². The van der Waals surface area contributed by atoms with Gasteiger partial charge in [-0.05, 0) is 24.7 Å². The second kappa shape index (κ2) is 8.01. The first-order valence-corrected chi connectivity index (χ1v) is 11.9. The Morgan fingerprint density at radius 2 is 1.90 bits per heavy atom. The molecule has 4 rings (SSSR count). The van der Waals surface area contributed by atoms with Gasteiger partial charge in [-0.15, -0.1) is 0 Å². The number of sulfone groups is 1. The van der Waals surface area contributed by atoms with Crippen LogP contribution in [0, 0.1) is 0 Å². The maximum Gasteiger partial charge on any atom is 0.315 e. The van der Waals surface area contributed by atoms with Gasteiger partial charge in [0.15, 0.2) is 9.84 Å². The molecule has 1 aromatic heterocycles. The highest BCUT2D eigenvalue weighted by Gasteiger charge is 2.34. The monoisotopic (exact) mass is 451 g/mol. The van der Waals surface area contributed by atoms with Crippen LogP contribution in [0.5, 0.6) is 0 Å². The smallest absolute Gasteiger partial charge is 0.315 e. The standard InChI is InChI=1S/C19H22ClN5O4S/c1-2-23-6-8-24(9-7-23)19(27)18(26)21-17-15-11-30(28,29)12-16(15)22-25(17)14-5-3-4-13(20)10-14/h3-5,10H,2,6-9,11-12H2,1H3,(H,21,26). The number of hydrogen-bond donors (Lipinski definition) is 1. The van der Waals surface area contributed by atoms with Crippen LogP contribution in [-0.4, -0.2) is 72.5 Å². The summed E-state index contributed by atoms with van der Waals surface area (Å²) in [6.45, 7) is 5.32. The fourth-order valence-electron chi connectivity index (χ4n) is 3.74. The molecule has 0 bridgehead atoms. The maximum absolute atomic E-state index is 12.7. The average Bonchev–Trinajstić information content (AvgIpc) is 3.20. The van der Waals surface area contributed by atoms with Crippen molar-refractivity contribution in [2.45, 2.75) is 18.4 Å². The molecule has 1 N–H and O–H groups in total.